The maximum absolute atomic E-state index is 12.6. The van der Waals surface area contributed by atoms with E-state index < -0.39 is 11.7 Å². The number of benzene rings is 1. The molecule has 1 rings (SSSR count). The molecule has 0 aliphatic rings. The van der Waals surface area contributed by atoms with Crippen molar-refractivity contribution < 1.29 is 22.7 Å². The first-order chi connectivity index (χ1) is 10.5. The summed E-state index contributed by atoms with van der Waals surface area (Å²) in [6.45, 7) is 1.37. The van der Waals surface area contributed by atoms with Gasteiger partial charge in [-0.3, -0.25) is 4.84 Å². The molecule has 1 atom stereocenters. The number of ether oxygens (including phenoxy) is 1. The Balaban J connectivity index is 2.67. The zero-order chi connectivity index (χ0) is 16.4. The second-order valence-corrected chi connectivity index (χ2v) is 4.92. The van der Waals surface area contributed by atoms with E-state index in [1.54, 1.807) is 7.11 Å². The van der Waals surface area contributed by atoms with Crippen LogP contribution in [0, 0.1) is 0 Å². The van der Waals surface area contributed by atoms with E-state index in [-0.39, 0.29) is 6.04 Å². The van der Waals surface area contributed by atoms with Gasteiger partial charge in [0.2, 0.25) is 0 Å². The lowest BCUT2D eigenvalue weighted by molar-refractivity contribution is -0.137. The summed E-state index contributed by atoms with van der Waals surface area (Å²) in [6.07, 6.45) is -1.83. The molecule has 22 heavy (non-hydrogen) atoms. The maximum atomic E-state index is 12.6. The van der Waals surface area contributed by atoms with Crippen LogP contribution in [-0.2, 0) is 15.8 Å². The topological polar surface area (TPSA) is 56.5 Å². The number of halogens is 3. The van der Waals surface area contributed by atoms with Gasteiger partial charge in [-0.15, -0.1) is 0 Å². The van der Waals surface area contributed by atoms with E-state index in [2.05, 4.69) is 5.48 Å². The lowest BCUT2D eigenvalue weighted by atomic mass is 10.0. The molecule has 0 bridgehead atoms. The fraction of sp³-hybridized carbons (Fsp3) is 0.600. The van der Waals surface area contributed by atoms with Crippen LogP contribution in [0.5, 0.6) is 0 Å². The summed E-state index contributed by atoms with van der Waals surface area (Å²) in [5.74, 6) is 0. The van der Waals surface area contributed by atoms with E-state index in [0.717, 1.165) is 37.0 Å². The first-order valence-corrected chi connectivity index (χ1v) is 7.22. The van der Waals surface area contributed by atoms with Crippen molar-refractivity contribution in [2.45, 2.75) is 31.5 Å². The second-order valence-electron chi connectivity index (χ2n) is 4.92. The first kappa shape index (κ1) is 18.9. The van der Waals surface area contributed by atoms with Gasteiger partial charge in [0.05, 0.1) is 18.2 Å². The fourth-order valence-corrected chi connectivity index (χ4v) is 2.01. The van der Waals surface area contributed by atoms with Crippen molar-refractivity contribution in [1.29, 1.82) is 0 Å². The Labute approximate surface area is 128 Å². The fourth-order valence-electron chi connectivity index (χ4n) is 2.01. The molecule has 4 nitrogen and oxygen atoms in total. The van der Waals surface area contributed by atoms with Crippen LogP contribution in [0.25, 0.3) is 0 Å². The minimum absolute atomic E-state index is 0.175. The average molecular weight is 320 g/mol. The number of hydrogen-bond donors (Lipinski definition) is 2. The van der Waals surface area contributed by atoms with Crippen molar-refractivity contribution in [1.82, 2.24) is 5.48 Å². The van der Waals surface area contributed by atoms with Crippen LogP contribution in [0.1, 0.15) is 36.4 Å². The van der Waals surface area contributed by atoms with Gasteiger partial charge in [0.15, 0.2) is 0 Å². The number of rotatable bonds is 10. The number of hydroxylamine groups is 1. The number of nitrogens with two attached hydrogens (primary N) is 1. The van der Waals surface area contributed by atoms with Crippen molar-refractivity contribution in [2.24, 2.45) is 5.73 Å². The molecule has 0 aromatic heterocycles. The third-order valence-electron chi connectivity index (χ3n) is 3.18. The molecule has 0 heterocycles. The molecule has 0 spiro atoms. The zero-order valence-electron chi connectivity index (χ0n) is 12.7. The molecule has 7 heteroatoms. The van der Waals surface area contributed by atoms with Crippen molar-refractivity contribution in [3.05, 3.63) is 35.4 Å². The highest BCUT2D eigenvalue weighted by molar-refractivity contribution is 5.26. The van der Waals surface area contributed by atoms with Crippen molar-refractivity contribution in [2.75, 3.05) is 26.9 Å². The van der Waals surface area contributed by atoms with Crippen molar-refractivity contribution in [3.63, 3.8) is 0 Å². The standard InChI is InChI=1S/C15H23F3N2O2/c1-21-10-3-2-4-14(20-22-11-9-19)12-5-7-13(8-6-12)15(16,17)18/h5-8,14,20H,2-4,9-11,19H2,1H3/t14-/m1/s1. The molecular weight excluding hydrogens is 297 g/mol. The van der Waals surface area contributed by atoms with E-state index in [4.69, 9.17) is 15.3 Å². The van der Waals surface area contributed by atoms with Gasteiger partial charge in [0, 0.05) is 20.3 Å². The average Bonchev–Trinajstić information content (AvgIpc) is 2.49. The lowest BCUT2D eigenvalue weighted by Gasteiger charge is -2.19. The smallest absolute Gasteiger partial charge is 0.385 e. The predicted octanol–water partition coefficient (Wildman–Crippen LogP) is 3.04. The Morgan fingerprint density at radius 1 is 1.14 bits per heavy atom. The summed E-state index contributed by atoms with van der Waals surface area (Å²) in [5, 5.41) is 0. The van der Waals surface area contributed by atoms with E-state index in [9.17, 15) is 13.2 Å². The normalized spacial score (nSPS) is 13.3. The van der Waals surface area contributed by atoms with Crippen LogP contribution in [0.2, 0.25) is 0 Å². The van der Waals surface area contributed by atoms with Gasteiger partial charge in [-0.25, -0.2) is 0 Å². The molecule has 0 saturated carbocycles. The Morgan fingerprint density at radius 3 is 2.36 bits per heavy atom. The minimum Gasteiger partial charge on any atom is -0.385 e. The van der Waals surface area contributed by atoms with Crippen LogP contribution in [0.3, 0.4) is 0 Å². The lowest BCUT2D eigenvalue weighted by Crippen LogP contribution is -2.25. The molecule has 0 saturated heterocycles. The van der Waals surface area contributed by atoms with Gasteiger partial charge in [-0.2, -0.15) is 18.7 Å². The quantitative estimate of drug-likeness (QED) is 0.514. The minimum atomic E-state index is -4.32. The van der Waals surface area contributed by atoms with Gasteiger partial charge < -0.3 is 10.5 Å². The van der Waals surface area contributed by atoms with Gasteiger partial charge in [-0.05, 0) is 37.0 Å². The summed E-state index contributed by atoms with van der Waals surface area (Å²) < 4.78 is 42.8. The summed E-state index contributed by atoms with van der Waals surface area (Å²) in [7, 11) is 1.63. The molecule has 3 N–H and O–H groups in total. The Morgan fingerprint density at radius 2 is 1.82 bits per heavy atom. The van der Waals surface area contributed by atoms with E-state index in [1.165, 1.54) is 12.1 Å². The molecule has 126 valence electrons. The van der Waals surface area contributed by atoms with Crippen LogP contribution in [0.4, 0.5) is 13.2 Å². The third kappa shape index (κ3) is 6.74. The maximum Gasteiger partial charge on any atom is 0.416 e. The van der Waals surface area contributed by atoms with E-state index in [0.29, 0.717) is 19.8 Å². The number of nitrogens with one attached hydrogen (secondary N) is 1. The third-order valence-corrected chi connectivity index (χ3v) is 3.18. The summed E-state index contributed by atoms with van der Waals surface area (Å²) >= 11 is 0. The van der Waals surface area contributed by atoms with Gasteiger partial charge >= 0.3 is 6.18 Å². The molecule has 0 unspecified atom stereocenters. The molecule has 0 fully saturated rings. The molecular formula is C15H23F3N2O2. The number of hydrogen-bond acceptors (Lipinski definition) is 4. The van der Waals surface area contributed by atoms with Gasteiger partial charge in [0.1, 0.15) is 0 Å². The second kappa shape index (κ2) is 9.78. The molecule has 0 amide bonds. The van der Waals surface area contributed by atoms with Crippen molar-refractivity contribution in [3.8, 4) is 0 Å². The van der Waals surface area contributed by atoms with Gasteiger partial charge in [0.25, 0.3) is 0 Å². The van der Waals surface area contributed by atoms with Gasteiger partial charge in [-0.1, -0.05) is 12.1 Å². The molecule has 0 aliphatic heterocycles. The summed E-state index contributed by atoms with van der Waals surface area (Å²) in [6, 6.07) is 4.95. The predicted molar refractivity (Wildman–Crippen MR) is 78.1 cm³/mol. The first-order valence-electron chi connectivity index (χ1n) is 7.22. The Hall–Kier alpha value is -1.15. The van der Waals surface area contributed by atoms with Crippen LogP contribution >= 0.6 is 0 Å². The van der Waals surface area contributed by atoms with E-state index >= 15 is 0 Å². The largest absolute Gasteiger partial charge is 0.416 e. The number of methoxy groups -OCH3 is 1. The Bertz CT molecular complexity index is 410. The summed E-state index contributed by atoms with van der Waals surface area (Å²) in [5.41, 5.74) is 8.32. The van der Waals surface area contributed by atoms with Crippen LogP contribution < -0.4 is 11.2 Å². The summed E-state index contributed by atoms with van der Waals surface area (Å²) in [4.78, 5) is 5.23. The zero-order valence-corrected chi connectivity index (χ0v) is 12.7. The monoisotopic (exact) mass is 320 g/mol. The van der Waals surface area contributed by atoms with E-state index in [1.807, 2.05) is 0 Å². The Kier molecular flexibility index (Phi) is 8.40. The van der Waals surface area contributed by atoms with Crippen LogP contribution in [-0.4, -0.2) is 26.9 Å². The SMILES string of the molecule is COCCCC[C@@H](NOCCN)c1ccc(C(F)(F)F)cc1. The molecule has 0 aliphatic carbocycles. The highest BCUT2D eigenvalue weighted by Crippen LogP contribution is 2.30. The highest BCUT2D eigenvalue weighted by Gasteiger charge is 2.30. The molecule has 1 aromatic carbocycles. The molecule has 1 aromatic rings. The molecule has 0 radical (unpaired) electrons. The number of alkyl halides is 3. The highest BCUT2D eigenvalue weighted by atomic mass is 19.4. The van der Waals surface area contributed by atoms with Crippen LogP contribution in [0.15, 0.2) is 24.3 Å². The van der Waals surface area contributed by atoms with Crippen molar-refractivity contribution >= 4 is 0 Å². The number of unbranched alkanes of at least 4 members (excludes halogenated alkanes) is 1.